The SMILES string of the molecule is NC(=O)c1ccc(NC(=O)C2NC(=O)OC2c2ccccc2)cc1. The molecule has 1 heterocycles. The molecule has 4 N–H and O–H groups in total. The highest BCUT2D eigenvalue weighted by atomic mass is 16.6. The fourth-order valence-corrected chi connectivity index (χ4v) is 2.46. The summed E-state index contributed by atoms with van der Waals surface area (Å²) in [5.41, 5.74) is 6.72. The van der Waals surface area contributed by atoms with Gasteiger partial charge in [-0.05, 0) is 29.8 Å². The van der Waals surface area contributed by atoms with Gasteiger partial charge in [0.1, 0.15) is 0 Å². The molecule has 1 fully saturated rings. The van der Waals surface area contributed by atoms with Gasteiger partial charge < -0.3 is 21.1 Å². The maximum atomic E-state index is 12.5. The third-order valence-electron chi connectivity index (χ3n) is 3.66. The molecule has 7 heteroatoms. The van der Waals surface area contributed by atoms with Crippen LogP contribution in [0.5, 0.6) is 0 Å². The van der Waals surface area contributed by atoms with Crippen LogP contribution >= 0.6 is 0 Å². The van der Waals surface area contributed by atoms with Crippen molar-refractivity contribution in [1.82, 2.24) is 5.32 Å². The Morgan fingerprint density at radius 1 is 1.04 bits per heavy atom. The van der Waals surface area contributed by atoms with Gasteiger partial charge in [-0.15, -0.1) is 0 Å². The van der Waals surface area contributed by atoms with Crippen molar-refractivity contribution in [1.29, 1.82) is 0 Å². The van der Waals surface area contributed by atoms with Crippen LogP contribution in [-0.2, 0) is 9.53 Å². The molecule has 0 spiro atoms. The first-order valence-corrected chi connectivity index (χ1v) is 7.27. The van der Waals surface area contributed by atoms with Crippen LogP contribution in [0.1, 0.15) is 22.0 Å². The van der Waals surface area contributed by atoms with Crippen molar-refractivity contribution in [3.05, 3.63) is 65.7 Å². The number of benzene rings is 2. The Labute approximate surface area is 137 Å². The zero-order valence-electron chi connectivity index (χ0n) is 12.6. The summed E-state index contributed by atoms with van der Waals surface area (Å²) in [6.07, 6.45) is -1.35. The molecule has 1 saturated heterocycles. The van der Waals surface area contributed by atoms with Crippen LogP contribution in [0.15, 0.2) is 54.6 Å². The molecule has 0 radical (unpaired) electrons. The predicted octanol–water partition coefficient (Wildman–Crippen LogP) is 1.57. The minimum absolute atomic E-state index is 0.340. The van der Waals surface area contributed by atoms with Crippen molar-refractivity contribution in [2.45, 2.75) is 12.1 Å². The lowest BCUT2D eigenvalue weighted by atomic mass is 10.0. The molecule has 2 unspecified atom stereocenters. The standard InChI is InChI=1S/C17H15N3O4/c18-15(21)11-6-8-12(9-7-11)19-16(22)13-14(24-17(23)20-13)10-4-2-1-3-5-10/h1-9,13-14H,(H2,18,21)(H,19,22)(H,20,23). The molecule has 3 amide bonds. The number of primary amides is 1. The van der Waals surface area contributed by atoms with E-state index in [1.165, 1.54) is 12.1 Å². The van der Waals surface area contributed by atoms with Crippen LogP contribution in [-0.4, -0.2) is 23.9 Å². The monoisotopic (exact) mass is 325 g/mol. The van der Waals surface area contributed by atoms with Crippen molar-refractivity contribution in [3.63, 3.8) is 0 Å². The Balaban J connectivity index is 1.75. The maximum Gasteiger partial charge on any atom is 0.408 e. The van der Waals surface area contributed by atoms with Gasteiger partial charge in [0.05, 0.1) is 0 Å². The second-order valence-corrected chi connectivity index (χ2v) is 5.29. The number of carbonyl (C=O) groups is 3. The van der Waals surface area contributed by atoms with Gasteiger partial charge in [0.25, 0.3) is 5.91 Å². The van der Waals surface area contributed by atoms with E-state index in [2.05, 4.69) is 10.6 Å². The van der Waals surface area contributed by atoms with E-state index in [0.717, 1.165) is 5.56 Å². The van der Waals surface area contributed by atoms with Crippen molar-refractivity contribution >= 4 is 23.6 Å². The Kier molecular flexibility index (Phi) is 4.15. The van der Waals surface area contributed by atoms with Crippen LogP contribution in [0.25, 0.3) is 0 Å². The molecule has 2 aromatic carbocycles. The minimum Gasteiger partial charge on any atom is -0.439 e. The van der Waals surface area contributed by atoms with Crippen LogP contribution in [0.3, 0.4) is 0 Å². The predicted molar refractivity (Wildman–Crippen MR) is 86.2 cm³/mol. The molecule has 0 bridgehead atoms. The number of alkyl carbamates (subject to hydrolysis) is 1. The second kappa shape index (κ2) is 6.41. The molecule has 122 valence electrons. The summed E-state index contributed by atoms with van der Waals surface area (Å²) in [6, 6.07) is 14.3. The summed E-state index contributed by atoms with van der Waals surface area (Å²) in [6.45, 7) is 0. The first kappa shape index (κ1) is 15.5. The van der Waals surface area contributed by atoms with Gasteiger partial charge in [-0.1, -0.05) is 30.3 Å². The maximum absolute atomic E-state index is 12.5. The average molecular weight is 325 g/mol. The Morgan fingerprint density at radius 2 is 1.71 bits per heavy atom. The minimum atomic E-state index is -0.851. The van der Waals surface area contributed by atoms with Gasteiger partial charge in [0, 0.05) is 11.3 Å². The summed E-state index contributed by atoms with van der Waals surface area (Å²) < 4.78 is 5.20. The molecule has 2 atom stereocenters. The summed E-state index contributed by atoms with van der Waals surface area (Å²) >= 11 is 0. The normalized spacial score (nSPS) is 19.2. The molecule has 3 rings (SSSR count). The highest BCUT2D eigenvalue weighted by Gasteiger charge is 2.40. The zero-order valence-corrected chi connectivity index (χ0v) is 12.6. The lowest BCUT2D eigenvalue weighted by Crippen LogP contribution is -2.40. The summed E-state index contributed by atoms with van der Waals surface area (Å²) in [7, 11) is 0. The smallest absolute Gasteiger partial charge is 0.408 e. The van der Waals surface area contributed by atoms with Gasteiger partial charge in [-0.2, -0.15) is 0 Å². The van der Waals surface area contributed by atoms with E-state index in [4.69, 9.17) is 10.5 Å². The molecule has 1 aliphatic heterocycles. The zero-order chi connectivity index (χ0) is 17.1. The number of hydrogen-bond acceptors (Lipinski definition) is 4. The quantitative estimate of drug-likeness (QED) is 0.792. The van der Waals surface area contributed by atoms with E-state index in [0.29, 0.717) is 11.3 Å². The molecular formula is C17H15N3O4. The van der Waals surface area contributed by atoms with Crippen LogP contribution in [0, 0.1) is 0 Å². The summed E-state index contributed by atoms with van der Waals surface area (Å²) in [5, 5.41) is 5.19. The van der Waals surface area contributed by atoms with E-state index in [9.17, 15) is 14.4 Å². The topological polar surface area (TPSA) is 111 Å². The molecule has 0 saturated carbocycles. The fraction of sp³-hybridized carbons (Fsp3) is 0.118. The number of rotatable bonds is 4. The molecule has 2 aromatic rings. The van der Waals surface area contributed by atoms with Gasteiger partial charge in [0.15, 0.2) is 12.1 Å². The molecular weight excluding hydrogens is 310 g/mol. The van der Waals surface area contributed by atoms with Crippen molar-refractivity contribution in [3.8, 4) is 0 Å². The van der Waals surface area contributed by atoms with Gasteiger partial charge in [0.2, 0.25) is 5.91 Å². The fourth-order valence-electron chi connectivity index (χ4n) is 2.46. The van der Waals surface area contributed by atoms with Crippen LogP contribution in [0.2, 0.25) is 0 Å². The number of hydrogen-bond donors (Lipinski definition) is 3. The number of amides is 3. The lowest BCUT2D eigenvalue weighted by Gasteiger charge is -2.17. The first-order valence-electron chi connectivity index (χ1n) is 7.27. The van der Waals surface area contributed by atoms with Crippen LogP contribution < -0.4 is 16.4 Å². The number of ether oxygens (including phenoxy) is 1. The molecule has 24 heavy (non-hydrogen) atoms. The highest BCUT2D eigenvalue weighted by Crippen LogP contribution is 2.27. The average Bonchev–Trinajstić information content (AvgIpc) is 2.98. The second-order valence-electron chi connectivity index (χ2n) is 5.29. The summed E-state index contributed by atoms with van der Waals surface area (Å²) in [4.78, 5) is 35.1. The Morgan fingerprint density at radius 3 is 2.33 bits per heavy atom. The molecule has 1 aliphatic rings. The van der Waals surface area contributed by atoms with E-state index in [1.54, 1.807) is 36.4 Å². The van der Waals surface area contributed by atoms with E-state index in [-0.39, 0.29) is 0 Å². The summed E-state index contributed by atoms with van der Waals surface area (Å²) in [5.74, 6) is -0.963. The number of nitrogens with two attached hydrogens (primary N) is 1. The van der Waals surface area contributed by atoms with Crippen molar-refractivity contribution < 1.29 is 19.1 Å². The lowest BCUT2D eigenvalue weighted by molar-refractivity contribution is -0.119. The van der Waals surface area contributed by atoms with Crippen molar-refractivity contribution in [2.24, 2.45) is 5.73 Å². The van der Waals surface area contributed by atoms with Crippen LogP contribution in [0.4, 0.5) is 10.5 Å². The van der Waals surface area contributed by atoms with Crippen molar-refractivity contribution in [2.75, 3.05) is 5.32 Å². The third kappa shape index (κ3) is 3.19. The number of carbonyl (C=O) groups excluding carboxylic acids is 3. The molecule has 0 aliphatic carbocycles. The number of anilines is 1. The van der Waals surface area contributed by atoms with E-state index in [1.807, 2.05) is 6.07 Å². The molecule has 7 nitrogen and oxygen atoms in total. The highest BCUT2D eigenvalue weighted by molar-refractivity contribution is 5.99. The van der Waals surface area contributed by atoms with Gasteiger partial charge >= 0.3 is 6.09 Å². The third-order valence-corrected chi connectivity index (χ3v) is 3.66. The number of nitrogens with one attached hydrogen (secondary N) is 2. The Bertz CT molecular complexity index is 774. The van der Waals surface area contributed by atoms with E-state index >= 15 is 0 Å². The largest absolute Gasteiger partial charge is 0.439 e. The number of cyclic esters (lactones) is 1. The molecule has 0 aromatic heterocycles. The van der Waals surface area contributed by atoms with Gasteiger partial charge in [-0.3, -0.25) is 9.59 Å². The van der Waals surface area contributed by atoms with E-state index < -0.39 is 30.1 Å². The van der Waals surface area contributed by atoms with Gasteiger partial charge in [-0.25, -0.2) is 4.79 Å². The first-order chi connectivity index (χ1) is 11.5. The Hall–Kier alpha value is -3.35.